The first kappa shape index (κ1) is 29.6. The van der Waals surface area contributed by atoms with Crippen LogP contribution in [0.4, 0.5) is 10.7 Å². The minimum Gasteiger partial charge on any atom is -0.495 e. The van der Waals surface area contributed by atoms with Crippen LogP contribution in [0.5, 0.6) is 11.5 Å². The van der Waals surface area contributed by atoms with Gasteiger partial charge in [0.25, 0.3) is 11.8 Å². The standard InChI is InChI=1S/C31H29ClN2O6S/c1-5-39-31(37)27-26(20-9-7-6-8-10-20)19(3)41-30(27)34-29(36)21-11-14-23(15-12-21)40-18(2)28(35)33-22-13-16-25(38-4)24(32)17-22/h6-18H,5H2,1-4H3,(H,33,35)(H,34,36)/t18-/m1/s1. The number of ether oxygens (including phenoxy) is 3. The minimum atomic E-state index is -0.826. The zero-order valence-electron chi connectivity index (χ0n) is 22.9. The van der Waals surface area contributed by atoms with Gasteiger partial charge < -0.3 is 24.8 Å². The Balaban J connectivity index is 1.45. The molecule has 0 fully saturated rings. The lowest BCUT2D eigenvalue weighted by Gasteiger charge is -2.15. The number of anilines is 2. The van der Waals surface area contributed by atoms with Crippen molar-refractivity contribution in [1.29, 1.82) is 0 Å². The quantitative estimate of drug-likeness (QED) is 0.188. The van der Waals surface area contributed by atoms with E-state index in [0.717, 1.165) is 16.0 Å². The number of amides is 2. The van der Waals surface area contributed by atoms with Gasteiger partial charge in [0.05, 0.1) is 18.7 Å². The van der Waals surface area contributed by atoms with Crippen LogP contribution < -0.4 is 20.1 Å². The number of hydrogen-bond acceptors (Lipinski definition) is 7. The van der Waals surface area contributed by atoms with E-state index < -0.39 is 18.0 Å². The summed E-state index contributed by atoms with van der Waals surface area (Å²) in [6, 6.07) is 20.8. The summed E-state index contributed by atoms with van der Waals surface area (Å²) in [5, 5.41) is 6.40. The molecule has 0 saturated carbocycles. The molecule has 0 spiro atoms. The van der Waals surface area contributed by atoms with E-state index >= 15 is 0 Å². The molecule has 4 rings (SSSR count). The second kappa shape index (κ2) is 13.3. The Bertz CT molecular complexity index is 1550. The first-order chi connectivity index (χ1) is 19.7. The SMILES string of the molecule is CCOC(=O)c1c(NC(=O)c2ccc(O[C@H](C)C(=O)Nc3ccc(OC)c(Cl)c3)cc2)sc(C)c1-c1ccccc1. The molecule has 4 aromatic rings. The number of carbonyl (C=O) groups is 3. The average Bonchev–Trinajstić information content (AvgIpc) is 3.29. The van der Waals surface area contributed by atoms with E-state index in [-0.39, 0.29) is 12.5 Å². The molecule has 10 heteroatoms. The zero-order chi connectivity index (χ0) is 29.5. The van der Waals surface area contributed by atoms with Crippen LogP contribution in [0.3, 0.4) is 0 Å². The van der Waals surface area contributed by atoms with E-state index in [1.165, 1.54) is 18.4 Å². The zero-order valence-corrected chi connectivity index (χ0v) is 24.5. The number of esters is 1. The van der Waals surface area contributed by atoms with Gasteiger partial charge in [-0.15, -0.1) is 11.3 Å². The van der Waals surface area contributed by atoms with Crippen LogP contribution in [0.1, 0.15) is 39.4 Å². The lowest BCUT2D eigenvalue weighted by molar-refractivity contribution is -0.122. The van der Waals surface area contributed by atoms with Crippen LogP contribution in [0.2, 0.25) is 5.02 Å². The molecule has 0 unspecified atom stereocenters. The van der Waals surface area contributed by atoms with E-state index in [1.807, 2.05) is 37.3 Å². The highest BCUT2D eigenvalue weighted by atomic mass is 35.5. The molecule has 0 aliphatic heterocycles. The van der Waals surface area contributed by atoms with Crippen molar-refractivity contribution in [2.24, 2.45) is 0 Å². The van der Waals surface area contributed by atoms with Crippen molar-refractivity contribution in [3.8, 4) is 22.6 Å². The smallest absolute Gasteiger partial charge is 0.341 e. The van der Waals surface area contributed by atoms with Crippen LogP contribution in [0.25, 0.3) is 11.1 Å². The average molecular weight is 593 g/mol. The van der Waals surface area contributed by atoms with Crippen LogP contribution >= 0.6 is 22.9 Å². The van der Waals surface area contributed by atoms with Crippen molar-refractivity contribution >= 4 is 51.4 Å². The summed E-state index contributed by atoms with van der Waals surface area (Å²) in [5.41, 5.74) is 2.78. The minimum absolute atomic E-state index is 0.209. The highest BCUT2D eigenvalue weighted by Gasteiger charge is 2.26. The molecule has 0 saturated heterocycles. The fourth-order valence-electron chi connectivity index (χ4n) is 4.09. The predicted molar refractivity (Wildman–Crippen MR) is 162 cm³/mol. The Morgan fingerprint density at radius 1 is 0.976 bits per heavy atom. The number of aryl methyl sites for hydroxylation is 1. The van der Waals surface area contributed by atoms with Crippen molar-refractivity contribution in [2.75, 3.05) is 24.4 Å². The molecule has 0 radical (unpaired) electrons. The van der Waals surface area contributed by atoms with Gasteiger partial charge in [-0.2, -0.15) is 0 Å². The molecule has 3 aromatic carbocycles. The number of methoxy groups -OCH3 is 1. The van der Waals surface area contributed by atoms with Gasteiger partial charge in [0.15, 0.2) is 6.10 Å². The van der Waals surface area contributed by atoms with Gasteiger partial charge in [0, 0.05) is 21.7 Å². The molecular formula is C31H29ClN2O6S. The van der Waals surface area contributed by atoms with Gasteiger partial charge in [0.2, 0.25) is 0 Å². The summed E-state index contributed by atoms with van der Waals surface area (Å²) >= 11 is 7.44. The number of carbonyl (C=O) groups excluding carboxylic acids is 3. The summed E-state index contributed by atoms with van der Waals surface area (Å²) < 4.78 is 16.2. The summed E-state index contributed by atoms with van der Waals surface area (Å²) in [6.07, 6.45) is -0.826. The Morgan fingerprint density at radius 3 is 2.32 bits per heavy atom. The molecule has 2 N–H and O–H groups in total. The molecule has 2 amide bonds. The number of nitrogens with one attached hydrogen (secondary N) is 2. The molecule has 1 atom stereocenters. The van der Waals surface area contributed by atoms with Gasteiger partial charge in [-0.05, 0) is 68.8 Å². The fourth-order valence-corrected chi connectivity index (χ4v) is 5.41. The van der Waals surface area contributed by atoms with Crippen molar-refractivity contribution in [3.63, 3.8) is 0 Å². The molecule has 212 valence electrons. The van der Waals surface area contributed by atoms with Gasteiger partial charge >= 0.3 is 5.97 Å². The maximum atomic E-state index is 13.1. The summed E-state index contributed by atoms with van der Waals surface area (Å²) in [4.78, 5) is 39.6. The molecule has 0 aliphatic rings. The first-order valence-corrected chi connectivity index (χ1v) is 14.0. The fraction of sp³-hybridized carbons (Fsp3) is 0.194. The Hall–Kier alpha value is -4.34. The third kappa shape index (κ3) is 7.06. The van der Waals surface area contributed by atoms with E-state index in [4.69, 9.17) is 25.8 Å². The third-order valence-corrected chi connectivity index (χ3v) is 7.39. The Morgan fingerprint density at radius 2 is 1.68 bits per heavy atom. The van der Waals surface area contributed by atoms with E-state index in [1.54, 1.807) is 56.3 Å². The second-order valence-electron chi connectivity index (χ2n) is 8.90. The van der Waals surface area contributed by atoms with Crippen LogP contribution in [0.15, 0.2) is 72.8 Å². The maximum absolute atomic E-state index is 13.1. The van der Waals surface area contributed by atoms with Gasteiger partial charge in [0.1, 0.15) is 22.1 Å². The Labute approximate surface area is 247 Å². The summed E-state index contributed by atoms with van der Waals surface area (Å²) in [6.45, 7) is 5.46. The summed E-state index contributed by atoms with van der Waals surface area (Å²) in [7, 11) is 1.51. The number of thiophene rings is 1. The first-order valence-electron chi connectivity index (χ1n) is 12.8. The molecule has 0 bridgehead atoms. The molecule has 1 aromatic heterocycles. The Kier molecular flexibility index (Phi) is 9.65. The van der Waals surface area contributed by atoms with E-state index in [9.17, 15) is 14.4 Å². The topological polar surface area (TPSA) is 103 Å². The second-order valence-corrected chi connectivity index (χ2v) is 10.5. The molecule has 41 heavy (non-hydrogen) atoms. The number of benzene rings is 3. The molecule has 1 heterocycles. The van der Waals surface area contributed by atoms with E-state index in [0.29, 0.717) is 38.3 Å². The predicted octanol–water partition coefficient (Wildman–Crippen LogP) is 7.22. The highest BCUT2D eigenvalue weighted by molar-refractivity contribution is 7.17. The molecule has 0 aliphatic carbocycles. The highest BCUT2D eigenvalue weighted by Crippen LogP contribution is 2.40. The summed E-state index contributed by atoms with van der Waals surface area (Å²) in [5.74, 6) is -0.366. The van der Waals surface area contributed by atoms with Crippen LogP contribution in [-0.2, 0) is 9.53 Å². The van der Waals surface area contributed by atoms with Crippen molar-refractivity contribution in [2.45, 2.75) is 26.9 Å². The lowest BCUT2D eigenvalue weighted by atomic mass is 10.0. The van der Waals surface area contributed by atoms with Gasteiger partial charge in [-0.3, -0.25) is 9.59 Å². The van der Waals surface area contributed by atoms with Crippen molar-refractivity contribution < 1.29 is 28.6 Å². The van der Waals surface area contributed by atoms with Crippen molar-refractivity contribution in [1.82, 2.24) is 0 Å². The van der Waals surface area contributed by atoms with Crippen LogP contribution in [0, 0.1) is 6.92 Å². The molecule has 8 nitrogen and oxygen atoms in total. The largest absolute Gasteiger partial charge is 0.495 e. The number of rotatable bonds is 10. The number of hydrogen-bond donors (Lipinski definition) is 2. The van der Waals surface area contributed by atoms with Gasteiger partial charge in [-0.1, -0.05) is 41.9 Å². The van der Waals surface area contributed by atoms with Gasteiger partial charge in [-0.25, -0.2) is 4.79 Å². The third-order valence-electron chi connectivity index (χ3n) is 6.07. The maximum Gasteiger partial charge on any atom is 0.341 e. The van der Waals surface area contributed by atoms with Crippen LogP contribution in [-0.4, -0.2) is 37.6 Å². The lowest BCUT2D eigenvalue weighted by Crippen LogP contribution is -2.30. The molecular weight excluding hydrogens is 564 g/mol. The number of halogens is 1. The van der Waals surface area contributed by atoms with Crippen molar-refractivity contribution in [3.05, 3.63) is 93.8 Å². The normalized spacial score (nSPS) is 11.3. The van der Waals surface area contributed by atoms with E-state index in [2.05, 4.69) is 10.6 Å². The monoisotopic (exact) mass is 592 g/mol.